The normalized spacial score (nSPS) is 11.6. The number of methoxy groups -OCH3 is 1. The zero-order valence-corrected chi connectivity index (χ0v) is 14.5. The van der Waals surface area contributed by atoms with Gasteiger partial charge in [0.1, 0.15) is 6.04 Å². The Morgan fingerprint density at radius 3 is 2.56 bits per heavy atom. The van der Waals surface area contributed by atoms with Gasteiger partial charge >= 0.3 is 5.97 Å². The predicted octanol–water partition coefficient (Wildman–Crippen LogP) is 3.69. The highest BCUT2D eigenvalue weighted by atomic mass is 19.2. The Balaban J connectivity index is 2.49. The smallest absolute Gasteiger partial charge is 0.328 e. The van der Waals surface area contributed by atoms with Crippen LogP contribution in [0.25, 0.3) is 0 Å². The summed E-state index contributed by atoms with van der Waals surface area (Å²) in [4.78, 5) is 23.9. The van der Waals surface area contributed by atoms with Crippen molar-refractivity contribution in [3.63, 3.8) is 0 Å². The molecular weight excluding hydrogens is 328 g/mol. The van der Waals surface area contributed by atoms with Crippen LogP contribution in [0.3, 0.4) is 0 Å². The number of carbonyl (C=O) groups is 2. The topological polar surface area (TPSA) is 55.4 Å². The van der Waals surface area contributed by atoms with Crippen molar-refractivity contribution in [1.82, 2.24) is 5.32 Å². The summed E-state index contributed by atoms with van der Waals surface area (Å²) in [6.07, 6.45) is 6.98. The molecule has 0 aliphatic heterocycles. The number of amides is 1. The molecule has 1 amide bonds. The molecule has 1 aromatic carbocycles. The summed E-state index contributed by atoms with van der Waals surface area (Å²) in [6.45, 7) is 3.67. The van der Waals surface area contributed by atoms with Crippen molar-refractivity contribution >= 4 is 11.9 Å². The SMILES string of the molecule is C=CCCCCCC[C@@H](NC(=O)Cc1ccc(F)c(F)c1)C(=O)OC. The number of carbonyl (C=O) groups excluding carboxylic acids is 2. The molecule has 138 valence electrons. The molecule has 1 rings (SSSR count). The van der Waals surface area contributed by atoms with Crippen LogP contribution in [-0.2, 0) is 20.7 Å². The Labute approximate surface area is 147 Å². The number of hydrogen-bond donors (Lipinski definition) is 1. The van der Waals surface area contributed by atoms with E-state index in [4.69, 9.17) is 4.74 Å². The number of ether oxygens (including phenoxy) is 1. The molecule has 0 heterocycles. The monoisotopic (exact) mass is 353 g/mol. The van der Waals surface area contributed by atoms with Gasteiger partial charge in [-0.25, -0.2) is 13.6 Å². The lowest BCUT2D eigenvalue weighted by Crippen LogP contribution is -2.42. The second-order valence-electron chi connectivity index (χ2n) is 5.85. The Hall–Kier alpha value is -2.24. The van der Waals surface area contributed by atoms with Crippen molar-refractivity contribution in [2.24, 2.45) is 0 Å². The summed E-state index contributed by atoms with van der Waals surface area (Å²) in [7, 11) is 1.26. The molecule has 0 aromatic heterocycles. The van der Waals surface area contributed by atoms with E-state index in [1.807, 2.05) is 6.08 Å². The predicted molar refractivity (Wildman–Crippen MR) is 91.9 cm³/mol. The molecule has 4 nitrogen and oxygen atoms in total. The third-order valence-corrected chi connectivity index (χ3v) is 3.82. The van der Waals surface area contributed by atoms with Gasteiger partial charge < -0.3 is 10.1 Å². The van der Waals surface area contributed by atoms with E-state index in [-0.39, 0.29) is 6.42 Å². The van der Waals surface area contributed by atoms with Gasteiger partial charge in [0, 0.05) is 0 Å². The first-order valence-corrected chi connectivity index (χ1v) is 8.40. The fourth-order valence-electron chi connectivity index (χ4n) is 2.46. The first-order valence-electron chi connectivity index (χ1n) is 8.40. The van der Waals surface area contributed by atoms with Crippen molar-refractivity contribution in [3.05, 3.63) is 48.1 Å². The van der Waals surface area contributed by atoms with E-state index in [1.165, 1.54) is 13.2 Å². The second-order valence-corrected chi connectivity index (χ2v) is 5.85. The molecule has 25 heavy (non-hydrogen) atoms. The van der Waals surface area contributed by atoms with Crippen LogP contribution in [0.5, 0.6) is 0 Å². The van der Waals surface area contributed by atoms with E-state index < -0.39 is 29.6 Å². The number of rotatable bonds is 11. The number of allylic oxidation sites excluding steroid dienone is 1. The molecule has 0 unspecified atom stereocenters. The van der Waals surface area contributed by atoms with Gasteiger partial charge in [-0.05, 0) is 37.0 Å². The minimum atomic E-state index is -1.01. The van der Waals surface area contributed by atoms with Crippen LogP contribution in [0.15, 0.2) is 30.9 Å². The Morgan fingerprint density at radius 2 is 1.92 bits per heavy atom. The van der Waals surface area contributed by atoms with Crippen molar-refractivity contribution in [3.8, 4) is 0 Å². The van der Waals surface area contributed by atoms with Crippen LogP contribution in [0.2, 0.25) is 0 Å². The van der Waals surface area contributed by atoms with E-state index in [1.54, 1.807) is 0 Å². The average molecular weight is 353 g/mol. The maximum absolute atomic E-state index is 13.2. The summed E-state index contributed by atoms with van der Waals surface area (Å²) in [5.41, 5.74) is 0.337. The van der Waals surface area contributed by atoms with Crippen LogP contribution in [0.4, 0.5) is 8.78 Å². The molecule has 1 atom stereocenters. The number of nitrogens with one attached hydrogen (secondary N) is 1. The minimum Gasteiger partial charge on any atom is -0.467 e. The van der Waals surface area contributed by atoms with Crippen LogP contribution in [0.1, 0.15) is 44.1 Å². The summed E-state index contributed by atoms with van der Waals surface area (Å²) in [5.74, 6) is -2.92. The Bertz CT molecular complexity index is 590. The van der Waals surface area contributed by atoms with Gasteiger partial charge in [0.2, 0.25) is 5.91 Å². The second kappa shape index (κ2) is 11.3. The fraction of sp³-hybridized carbons (Fsp3) is 0.474. The standard InChI is InChI=1S/C19H25F2NO3/c1-3-4-5-6-7-8-9-17(19(24)25-2)22-18(23)13-14-10-11-15(20)16(21)12-14/h3,10-12,17H,1,4-9,13H2,2H3,(H,22,23)/t17-/m1/s1. The summed E-state index contributed by atoms with van der Waals surface area (Å²) in [5, 5.41) is 2.61. The number of hydrogen-bond acceptors (Lipinski definition) is 3. The number of benzene rings is 1. The Kier molecular flexibility index (Phi) is 9.43. The number of esters is 1. The molecule has 0 fully saturated rings. The quantitative estimate of drug-likeness (QED) is 0.375. The summed E-state index contributed by atoms with van der Waals surface area (Å²) < 4.78 is 30.8. The third kappa shape index (κ3) is 7.92. The maximum atomic E-state index is 13.2. The lowest BCUT2D eigenvalue weighted by Gasteiger charge is -2.16. The van der Waals surface area contributed by atoms with Gasteiger partial charge in [-0.3, -0.25) is 4.79 Å². The molecule has 6 heteroatoms. The van der Waals surface area contributed by atoms with Gasteiger partial charge in [-0.15, -0.1) is 6.58 Å². The van der Waals surface area contributed by atoms with Crippen molar-refractivity contribution in [2.45, 2.75) is 51.0 Å². The zero-order chi connectivity index (χ0) is 18.7. The van der Waals surface area contributed by atoms with Crippen molar-refractivity contribution in [2.75, 3.05) is 7.11 Å². The van der Waals surface area contributed by atoms with Crippen LogP contribution in [0, 0.1) is 11.6 Å². The van der Waals surface area contributed by atoms with Crippen LogP contribution in [-0.4, -0.2) is 25.0 Å². The molecule has 1 aromatic rings. The molecule has 0 saturated heterocycles. The lowest BCUT2D eigenvalue weighted by atomic mass is 10.1. The molecule has 0 aliphatic rings. The van der Waals surface area contributed by atoms with Crippen molar-refractivity contribution < 1.29 is 23.1 Å². The van der Waals surface area contributed by atoms with Crippen LogP contribution < -0.4 is 5.32 Å². The van der Waals surface area contributed by atoms with E-state index >= 15 is 0 Å². The van der Waals surface area contributed by atoms with Crippen molar-refractivity contribution in [1.29, 1.82) is 0 Å². The molecule has 0 saturated carbocycles. The van der Waals surface area contributed by atoms with Crippen LogP contribution >= 0.6 is 0 Å². The van der Waals surface area contributed by atoms with E-state index in [0.717, 1.165) is 44.2 Å². The van der Waals surface area contributed by atoms with E-state index in [0.29, 0.717) is 12.0 Å². The van der Waals surface area contributed by atoms with E-state index in [9.17, 15) is 18.4 Å². The van der Waals surface area contributed by atoms with Gasteiger partial charge in [0.15, 0.2) is 11.6 Å². The highest BCUT2D eigenvalue weighted by Gasteiger charge is 2.21. The zero-order valence-electron chi connectivity index (χ0n) is 14.5. The number of halogens is 2. The van der Waals surface area contributed by atoms with Gasteiger partial charge in [-0.1, -0.05) is 31.4 Å². The molecule has 0 bridgehead atoms. The first-order chi connectivity index (χ1) is 12.0. The fourth-order valence-corrected chi connectivity index (χ4v) is 2.46. The van der Waals surface area contributed by atoms with Gasteiger partial charge in [-0.2, -0.15) is 0 Å². The van der Waals surface area contributed by atoms with Gasteiger partial charge in [0.05, 0.1) is 13.5 Å². The molecule has 0 radical (unpaired) electrons. The first kappa shape index (κ1) is 20.8. The summed E-state index contributed by atoms with van der Waals surface area (Å²) >= 11 is 0. The highest BCUT2D eigenvalue weighted by molar-refractivity contribution is 5.85. The van der Waals surface area contributed by atoms with E-state index in [2.05, 4.69) is 11.9 Å². The van der Waals surface area contributed by atoms with Gasteiger partial charge in [0.25, 0.3) is 0 Å². The Morgan fingerprint density at radius 1 is 1.20 bits per heavy atom. The molecular formula is C19H25F2NO3. The lowest BCUT2D eigenvalue weighted by molar-refractivity contribution is -0.145. The largest absolute Gasteiger partial charge is 0.467 e. The average Bonchev–Trinajstić information content (AvgIpc) is 2.59. The molecule has 0 aliphatic carbocycles. The minimum absolute atomic E-state index is 0.135. The number of unbranched alkanes of at least 4 members (excludes halogenated alkanes) is 4. The molecule has 0 spiro atoms. The summed E-state index contributed by atoms with van der Waals surface area (Å²) in [6, 6.07) is 2.55. The maximum Gasteiger partial charge on any atom is 0.328 e. The highest BCUT2D eigenvalue weighted by Crippen LogP contribution is 2.11. The third-order valence-electron chi connectivity index (χ3n) is 3.82. The molecule has 1 N–H and O–H groups in total.